The van der Waals surface area contributed by atoms with Crippen LogP contribution >= 0.6 is 0 Å². The second-order valence-corrected chi connectivity index (χ2v) is 6.21. The smallest absolute Gasteiger partial charge is 0.246 e. The van der Waals surface area contributed by atoms with E-state index in [-0.39, 0.29) is 17.9 Å². The number of carbonyl (C=O) groups is 2. The standard InChI is InChI=1S/C18H24N2O2/c1-2-17(21)20-15-10-6-5-9-14(15)13-16(20)18(22)19-11-7-3-4-8-12-19/h5-6,9-10,16H,2-4,7-8,11-13H2,1H3/t16-/m1/s1. The minimum atomic E-state index is -0.344. The fourth-order valence-corrected chi connectivity index (χ4v) is 3.56. The van der Waals surface area contributed by atoms with Crippen LogP contribution in [0.2, 0.25) is 0 Å². The second-order valence-electron chi connectivity index (χ2n) is 6.21. The Morgan fingerprint density at radius 1 is 1.09 bits per heavy atom. The normalized spacial score (nSPS) is 21.4. The molecule has 0 aromatic heterocycles. The number of hydrogen-bond donors (Lipinski definition) is 0. The summed E-state index contributed by atoms with van der Waals surface area (Å²) in [6.07, 6.45) is 5.63. The largest absolute Gasteiger partial charge is 0.341 e. The third-order valence-electron chi connectivity index (χ3n) is 4.75. The number of carbonyl (C=O) groups excluding carboxylic acids is 2. The van der Waals surface area contributed by atoms with Crippen LogP contribution in [0.25, 0.3) is 0 Å². The van der Waals surface area contributed by atoms with Gasteiger partial charge in [-0.3, -0.25) is 14.5 Å². The molecule has 0 unspecified atom stereocenters. The van der Waals surface area contributed by atoms with Crippen LogP contribution in [0.3, 0.4) is 0 Å². The Labute approximate surface area is 132 Å². The average molecular weight is 300 g/mol. The van der Waals surface area contributed by atoms with Gasteiger partial charge in [-0.1, -0.05) is 38.0 Å². The molecule has 0 saturated carbocycles. The number of para-hydroxylation sites is 1. The molecule has 2 aliphatic heterocycles. The molecule has 0 radical (unpaired) electrons. The number of nitrogens with zero attached hydrogens (tertiary/aromatic N) is 2. The van der Waals surface area contributed by atoms with Crippen LogP contribution in [0.4, 0.5) is 5.69 Å². The quantitative estimate of drug-likeness (QED) is 0.842. The third kappa shape index (κ3) is 2.74. The zero-order valence-corrected chi connectivity index (χ0v) is 13.3. The van der Waals surface area contributed by atoms with E-state index in [4.69, 9.17) is 0 Å². The van der Waals surface area contributed by atoms with Gasteiger partial charge in [0.05, 0.1) is 0 Å². The summed E-state index contributed by atoms with van der Waals surface area (Å²) in [6.45, 7) is 3.52. The van der Waals surface area contributed by atoms with Crippen molar-refractivity contribution >= 4 is 17.5 Å². The summed E-state index contributed by atoms with van der Waals surface area (Å²) in [4.78, 5) is 29.1. The van der Waals surface area contributed by atoms with Gasteiger partial charge in [0.2, 0.25) is 11.8 Å². The van der Waals surface area contributed by atoms with Gasteiger partial charge >= 0.3 is 0 Å². The maximum atomic E-state index is 13.0. The minimum Gasteiger partial charge on any atom is -0.341 e. The molecule has 1 aromatic rings. The number of rotatable bonds is 2. The molecule has 2 heterocycles. The van der Waals surface area contributed by atoms with Crippen molar-refractivity contribution in [3.63, 3.8) is 0 Å². The number of fused-ring (bicyclic) bond motifs is 1. The lowest BCUT2D eigenvalue weighted by Crippen LogP contribution is -2.49. The van der Waals surface area contributed by atoms with Crippen molar-refractivity contribution in [3.8, 4) is 0 Å². The predicted molar refractivity (Wildman–Crippen MR) is 86.8 cm³/mol. The first kappa shape index (κ1) is 15.1. The van der Waals surface area contributed by atoms with Crippen LogP contribution in [-0.2, 0) is 16.0 Å². The molecule has 1 atom stereocenters. The Hall–Kier alpha value is -1.84. The van der Waals surface area contributed by atoms with Gasteiger partial charge in [0.1, 0.15) is 6.04 Å². The summed E-state index contributed by atoms with van der Waals surface area (Å²) in [7, 11) is 0. The number of amides is 2. The van der Waals surface area contributed by atoms with Crippen LogP contribution in [0, 0.1) is 0 Å². The van der Waals surface area contributed by atoms with Gasteiger partial charge in [-0.15, -0.1) is 0 Å². The molecule has 2 amide bonds. The van der Waals surface area contributed by atoms with E-state index in [2.05, 4.69) is 0 Å². The van der Waals surface area contributed by atoms with Crippen molar-refractivity contribution in [2.45, 2.75) is 51.5 Å². The highest BCUT2D eigenvalue weighted by Crippen LogP contribution is 2.33. The molecular weight excluding hydrogens is 276 g/mol. The highest BCUT2D eigenvalue weighted by atomic mass is 16.2. The van der Waals surface area contributed by atoms with Crippen molar-refractivity contribution in [2.24, 2.45) is 0 Å². The maximum absolute atomic E-state index is 13.0. The van der Waals surface area contributed by atoms with Crippen LogP contribution in [0.1, 0.15) is 44.6 Å². The van der Waals surface area contributed by atoms with E-state index < -0.39 is 0 Å². The number of likely N-dealkylation sites (tertiary alicyclic amines) is 1. The first-order valence-electron chi connectivity index (χ1n) is 8.41. The molecule has 1 aromatic carbocycles. The van der Waals surface area contributed by atoms with Crippen molar-refractivity contribution in [1.29, 1.82) is 0 Å². The highest BCUT2D eigenvalue weighted by Gasteiger charge is 2.39. The molecule has 22 heavy (non-hydrogen) atoms. The van der Waals surface area contributed by atoms with Crippen molar-refractivity contribution in [2.75, 3.05) is 18.0 Å². The first-order chi connectivity index (χ1) is 10.7. The van der Waals surface area contributed by atoms with E-state index in [0.29, 0.717) is 12.8 Å². The van der Waals surface area contributed by atoms with Gasteiger partial charge in [-0.05, 0) is 24.5 Å². The molecule has 2 aliphatic rings. The monoisotopic (exact) mass is 300 g/mol. The lowest BCUT2D eigenvalue weighted by atomic mass is 10.1. The van der Waals surface area contributed by atoms with Gasteiger partial charge in [0.15, 0.2) is 0 Å². The molecule has 0 N–H and O–H groups in total. The third-order valence-corrected chi connectivity index (χ3v) is 4.75. The van der Waals surface area contributed by atoms with E-state index in [9.17, 15) is 9.59 Å². The van der Waals surface area contributed by atoms with Gasteiger partial charge in [0.25, 0.3) is 0 Å². The van der Waals surface area contributed by atoms with E-state index in [1.807, 2.05) is 36.1 Å². The predicted octanol–water partition coefficient (Wildman–Crippen LogP) is 2.76. The Balaban J connectivity index is 1.86. The molecule has 118 valence electrons. The Morgan fingerprint density at radius 2 is 1.77 bits per heavy atom. The molecule has 1 saturated heterocycles. The molecule has 0 bridgehead atoms. The molecule has 0 spiro atoms. The van der Waals surface area contributed by atoms with Gasteiger partial charge in [0, 0.05) is 31.6 Å². The van der Waals surface area contributed by atoms with Crippen molar-refractivity contribution < 1.29 is 9.59 Å². The highest BCUT2D eigenvalue weighted by molar-refractivity contribution is 6.03. The topological polar surface area (TPSA) is 40.6 Å². The number of benzene rings is 1. The fourth-order valence-electron chi connectivity index (χ4n) is 3.56. The summed E-state index contributed by atoms with van der Waals surface area (Å²) in [6, 6.07) is 7.56. The average Bonchev–Trinajstić information content (AvgIpc) is 2.73. The summed E-state index contributed by atoms with van der Waals surface area (Å²) in [5.41, 5.74) is 2.03. The summed E-state index contributed by atoms with van der Waals surface area (Å²) in [5.74, 6) is 0.165. The Bertz CT molecular complexity index is 562. The molecular formula is C18H24N2O2. The second kappa shape index (κ2) is 6.51. The SMILES string of the molecule is CCC(=O)N1c2ccccc2C[C@@H]1C(=O)N1CCCCCC1. The van der Waals surface area contributed by atoms with Crippen LogP contribution < -0.4 is 4.90 Å². The Morgan fingerprint density at radius 3 is 2.45 bits per heavy atom. The van der Waals surface area contributed by atoms with Crippen LogP contribution in [-0.4, -0.2) is 35.8 Å². The molecule has 1 fully saturated rings. The molecule has 4 nitrogen and oxygen atoms in total. The number of hydrogen-bond acceptors (Lipinski definition) is 2. The van der Waals surface area contributed by atoms with Gasteiger partial charge < -0.3 is 4.90 Å². The number of anilines is 1. The van der Waals surface area contributed by atoms with Gasteiger partial charge in [-0.2, -0.15) is 0 Å². The lowest BCUT2D eigenvalue weighted by Gasteiger charge is -2.30. The summed E-state index contributed by atoms with van der Waals surface area (Å²) >= 11 is 0. The summed E-state index contributed by atoms with van der Waals surface area (Å²) in [5, 5.41) is 0. The van der Waals surface area contributed by atoms with Crippen molar-refractivity contribution in [1.82, 2.24) is 4.90 Å². The minimum absolute atomic E-state index is 0.0399. The van der Waals surface area contributed by atoms with E-state index in [1.165, 1.54) is 12.8 Å². The van der Waals surface area contributed by atoms with Crippen LogP contribution in [0.5, 0.6) is 0 Å². The zero-order chi connectivity index (χ0) is 15.5. The van der Waals surface area contributed by atoms with Gasteiger partial charge in [-0.25, -0.2) is 0 Å². The fraction of sp³-hybridized carbons (Fsp3) is 0.556. The lowest BCUT2D eigenvalue weighted by molar-refractivity contribution is -0.134. The molecule has 4 heteroatoms. The van der Waals surface area contributed by atoms with Crippen molar-refractivity contribution in [3.05, 3.63) is 29.8 Å². The molecule has 0 aliphatic carbocycles. The molecule has 3 rings (SSSR count). The van der Waals surface area contributed by atoms with E-state index in [1.54, 1.807) is 4.90 Å². The zero-order valence-electron chi connectivity index (χ0n) is 13.3. The Kier molecular flexibility index (Phi) is 4.46. The maximum Gasteiger partial charge on any atom is 0.246 e. The van der Waals surface area contributed by atoms with E-state index in [0.717, 1.165) is 37.2 Å². The van der Waals surface area contributed by atoms with Crippen LogP contribution in [0.15, 0.2) is 24.3 Å². The first-order valence-corrected chi connectivity index (χ1v) is 8.41. The summed E-state index contributed by atoms with van der Waals surface area (Å²) < 4.78 is 0. The van der Waals surface area contributed by atoms with E-state index >= 15 is 0 Å².